The molecule has 27 heavy (non-hydrogen) atoms. The number of hydrogen-bond donors (Lipinski definition) is 0. The number of likely N-dealkylation sites (tertiary alicyclic amines) is 2. The molecule has 0 radical (unpaired) electrons. The number of thiazole rings is 1. The Morgan fingerprint density at radius 2 is 2.11 bits per heavy atom. The van der Waals surface area contributed by atoms with E-state index in [-0.39, 0.29) is 17.2 Å². The van der Waals surface area contributed by atoms with E-state index in [9.17, 15) is 4.79 Å². The van der Waals surface area contributed by atoms with Crippen molar-refractivity contribution in [3.05, 3.63) is 64.1 Å². The molecule has 5 heteroatoms. The van der Waals surface area contributed by atoms with Crippen LogP contribution in [0.25, 0.3) is 0 Å². The van der Waals surface area contributed by atoms with Crippen LogP contribution >= 0.6 is 11.3 Å². The van der Waals surface area contributed by atoms with E-state index >= 15 is 0 Å². The molecule has 2 atom stereocenters. The molecular weight excluding hydrogens is 354 g/mol. The molecule has 0 unspecified atom stereocenters. The van der Waals surface area contributed by atoms with E-state index < -0.39 is 0 Å². The van der Waals surface area contributed by atoms with Gasteiger partial charge in [0.2, 0.25) is 5.91 Å². The average molecular weight is 382 g/mol. The maximum absolute atomic E-state index is 13.4. The Bertz CT molecular complexity index is 827. The first-order chi connectivity index (χ1) is 13.0. The van der Waals surface area contributed by atoms with Gasteiger partial charge >= 0.3 is 0 Å². The van der Waals surface area contributed by atoms with Crippen LogP contribution in [-0.4, -0.2) is 46.9 Å². The summed E-state index contributed by atoms with van der Waals surface area (Å²) in [6, 6.07) is 6.73. The quantitative estimate of drug-likeness (QED) is 0.740. The van der Waals surface area contributed by atoms with Gasteiger partial charge in [-0.05, 0) is 25.8 Å². The molecule has 1 spiro atoms. The van der Waals surface area contributed by atoms with Crippen LogP contribution < -0.4 is 0 Å². The van der Waals surface area contributed by atoms with Crippen LogP contribution in [0.15, 0.2) is 42.4 Å². The van der Waals surface area contributed by atoms with Gasteiger partial charge in [-0.3, -0.25) is 9.69 Å². The number of hydrogen-bond acceptors (Lipinski definition) is 4. The lowest BCUT2D eigenvalue weighted by Gasteiger charge is -2.27. The molecule has 2 fully saturated rings. The molecule has 1 aromatic carbocycles. The third-order valence-electron chi connectivity index (χ3n) is 5.94. The van der Waals surface area contributed by atoms with E-state index in [0.717, 1.165) is 37.6 Å². The molecule has 2 aliphatic heterocycles. The number of nitrogens with zero attached hydrogens (tertiary/aromatic N) is 3. The van der Waals surface area contributed by atoms with Crippen molar-refractivity contribution in [2.45, 2.75) is 32.7 Å². The summed E-state index contributed by atoms with van der Waals surface area (Å²) < 4.78 is 0. The Hall–Kier alpha value is -1.98. The van der Waals surface area contributed by atoms with Gasteiger partial charge in [-0.25, -0.2) is 4.98 Å². The molecule has 4 rings (SSSR count). The van der Waals surface area contributed by atoms with E-state index in [0.29, 0.717) is 6.54 Å². The molecule has 2 aliphatic rings. The highest BCUT2D eigenvalue weighted by molar-refractivity contribution is 7.09. The highest BCUT2D eigenvalue weighted by atomic mass is 32.1. The number of aromatic nitrogens is 1. The van der Waals surface area contributed by atoms with Crippen molar-refractivity contribution in [3.8, 4) is 0 Å². The summed E-state index contributed by atoms with van der Waals surface area (Å²) in [6.07, 6.45) is 4.60. The predicted molar refractivity (Wildman–Crippen MR) is 110 cm³/mol. The molecule has 2 aromatic rings. The van der Waals surface area contributed by atoms with Crippen molar-refractivity contribution >= 4 is 17.2 Å². The van der Waals surface area contributed by atoms with E-state index in [1.807, 2.05) is 22.6 Å². The van der Waals surface area contributed by atoms with Gasteiger partial charge in [0.15, 0.2) is 0 Å². The minimum absolute atomic E-state index is 0.186. The standard InChI is InChI=1S/C22H27N3OS/c1-4-7-25-8-5-22(21(25)26)15-24(14-19(22)20-23-6-9-27-20)13-18-11-16(2)10-17(3)12-18/h4,6,9-12,19H,1,5,7-8,13-15H2,2-3H3/t19-,22-/m1/s1. The topological polar surface area (TPSA) is 36.4 Å². The van der Waals surface area contributed by atoms with Crippen LogP contribution in [0.4, 0.5) is 0 Å². The van der Waals surface area contributed by atoms with E-state index in [1.54, 1.807) is 11.3 Å². The summed E-state index contributed by atoms with van der Waals surface area (Å²) in [5.41, 5.74) is 3.59. The van der Waals surface area contributed by atoms with Crippen molar-refractivity contribution in [3.63, 3.8) is 0 Å². The molecule has 4 nitrogen and oxygen atoms in total. The number of aryl methyl sites for hydroxylation is 2. The number of benzene rings is 1. The maximum Gasteiger partial charge on any atom is 0.231 e. The molecule has 0 bridgehead atoms. The molecule has 3 heterocycles. The van der Waals surface area contributed by atoms with Crippen molar-refractivity contribution in [1.29, 1.82) is 0 Å². The summed E-state index contributed by atoms with van der Waals surface area (Å²) in [5.74, 6) is 0.469. The van der Waals surface area contributed by atoms with Crippen LogP contribution in [0, 0.1) is 19.3 Å². The van der Waals surface area contributed by atoms with Crippen LogP contribution in [-0.2, 0) is 11.3 Å². The van der Waals surface area contributed by atoms with Crippen molar-refractivity contribution < 1.29 is 4.79 Å². The second kappa shape index (κ2) is 7.21. The predicted octanol–water partition coefficient (Wildman–Crippen LogP) is 3.76. The Kier molecular flexibility index (Phi) is 4.91. The summed E-state index contributed by atoms with van der Waals surface area (Å²) in [7, 11) is 0. The minimum atomic E-state index is -0.334. The number of carbonyl (C=O) groups is 1. The third-order valence-corrected chi connectivity index (χ3v) is 6.83. The van der Waals surface area contributed by atoms with Gasteiger partial charge in [0, 0.05) is 50.2 Å². The van der Waals surface area contributed by atoms with Gasteiger partial charge in [-0.15, -0.1) is 17.9 Å². The average Bonchev–Trinajstić information content (AvgIpc) is 3.31. The van der Waals surface area contributed by atoms with Gasteiger partial charge in [-0.1, -0.05) is 35.4 Å². The highest BCUT2D eigenvalue weighted by Crippen LogP contribution is 2.50. The number of amides is 1. The smallest absolute Gasteiger partial charge is 0.231 e. The summed E-state index contributed by atoms with van der Waals surface area (Å²) >= 11 is 1.68. The van der Waals surface area contributed by atoms with Gasteiger partial charge in [0.05, 0.1) is 10.4 Å². The fourth-order valence-corrected chi connectivity index (χ4v) is 5.77. The number of carbonyl (C=O) groups excluding carboxylic acids is 1. The van der Waals surface area contributed by atoms with E-state index in [4.69, 9.17) is 0 Å². The molecule has 0 aliphatic carbocycles. The lowest BCUT2D eigenvalue weighted by Crippen LogP contribution is -2.39. The second-order valence-corrected chi connectivity index (χ2v) is 8.96. The molecule has 0 N–H and O–H groups in total. The highest BCUT2D eigenvalue weighted by Gasteiger charge is 2.57. The summed E-state index contributed by atoms with van der Waals surface area (Å²) in [6.45, 7) is 12.2. The first-order valence-corrected chi connectivity index (χ1v) is 10.5. The van der Waals surface area contributed by atoms with Crippen LogP contribution in [0.1, 0.15) is 34.0 Å². The summed E-state index contributed by atoms with van der Waals surface area (Å²) in [4.78, 5) is 22.4. The fraction of sp³-hybridized carbons (Fsp3) is 0.455. The molecule has 1 aromatic heterocycles. The van der Waals surface area contributed by atoms with Gasteiger partial charge < -0.3 is 4.90 Å². The minimum Gasteiger partial charge on any atom is -0.338 e. The molecule has 142 valence electrons. The zero-order valence-corrected chi connectivity index (χ0v) is 17.0. The zero-order chi connectivity index (χ0) is 19.0. The van der Waals surface area contributed by atoms with Gasteiger partial charge in [-0.2, -0.15) is 0 Å². The van der Waals surface area contributed by atoms with E-state index in [1.165, 1.54) is 16.7 Å². The van der Waals surface area contributed by atoms with Crippen LogP contribution in [0.2, 0.25) is 0 Å². The Morgan fingerprint density at radius 3 is 2.78 bits per heavy atom. The van der Waals surface area contributed by atoms with Crippen molar-refractivity contribution in [2.75, 3.05) is 26.2 Å². The monoisotopic (exact) mass is 381 g/mol. The maximum atomic E-state index is 13.4. The second-order valence-electron chi connectivity index (χ2n) is 8.03. The largest absolute Gasteiger partial charge is 0.338 e. The first kappa shape index (κ1) is 18.4. The zero-order valence-electron chi connectivity index (χ0n) is 16.1. The molecule has 0 saturated carbocycles. The van der Waals surface area contributed by atoms with Crippen LogP contribution in [0.3, 0.4) is 0 Å². The first-order valence-electron chi connectivity index (χ1n) is 9.61. The van der Waals surface area contributed by atoms with E-state index in [2.05, 4.69) is 48.5 Å². The fourth-order valence-electron chi connectivity index (χ4n) is 4.92. The Labute approximate surface area is 165 Å². The summed E-state index contributed by atoms with van der Waals surface area (Å²) in [5, 5.41) is 3.13. The molecule has 2 saturated heterocycles. The lowest BCUT2D eigenvalue weighted by molar-refractivity contribution is -0.135. The van der Waals surface area contributed by atoms with Crippen molar-refractivity contribution in [1.82, 2.24) is 14.8 Å². The Morgan fingerprint density at radius 1 is 1.33 bits per heavy atom. The van der Waals surface area contributed by atoms with Crippen molar-refractivity contribution in [2.24, 2.45) is 5.41 Å². The van der Waals surface area contributed by atoms with Gasteiger partial charge in [0.1, 0.15) is 0 Å². The lowest BCUT2D eigenvalue weighted by atomic mass is 9.77. The van der Waals surface area contributed by atoms with Gasteiger partial charge in [0.25, 0.3) is 0 Å². The number of rotatable bonds is 5. The third kappa shape index (κ3) is 3.34. The molecule has 1 amide bonds. The van der Waals surface area contributed by atoms with Crippen LogP contribution in [0.5, 0.6) is 0 Å². The normalized spacial score (nSPS) is 25.6. The Balaban J connectivity index is 1.62. The SMILES string of the molecule is C=CCN1CC[C@]2(CN(Cc3cc(C)cc(C)c3)C[C@@H]2c2nccs2)C1=O. The molecular formula is C22H27N3OS.